The Hall–Kier alpha value is -0.810. The highest BCUT2D eigenvalue weighted by Crippen LogP contribution is 1.97. The van der Waals surface area contributed by atoms with Gasteiger partial charge < -0.3 is 5.32 Å². The van der Waals surface area contributed by atoms with Crippen LogP contribution in [-0.2, 0) is 17.3 Å². The van der Waals surface area contributed by atoms with E-state index in [2.05, 4.69) is 15.3 Å². The first-order valence-electron chi connectivity index (χ1n) is 4.99. The van der Waals surface area contributed by atoms with Crippen LogP contribution in [0, 0.1) is 0 Å². The zero-order valence-electron chi connectivity index (χ0n) is 9.14. The average Bonchev–Trinajstić information content (AvgIpc) is 2.25. The number of hydrogen-bond donors (Lipinski definition) is 1. The first-order chi connectivity index (χ1) is 7.20. The Morgan fingerprint density at radius 1 is 1.47 bits per heavy atom. The molecule has 5 heteroatoms. The summed E-state index contributed by atoms with van der Waals surface area (Å²) in [7, 11) is -0.730. The summed E-state index contributed by atoms with van der Waals surface area (Å²) in [5.74, 6) is 0.794. The second kappa shape index (κ2) is 6.63. The Morgan fingerprint density at radius 2 is 2.13 bits per heavy atom. The summed E-state index contributed by atoms with van der Waals surface area (Å²) in [5.41, 5.74) is 0. The molecule has 1 aromatic heterocycles. The molecule has 0 saturated heterocycles. The largest absolute Gasteiger partial charge is 0.310 e. The van der Waals surface area contributed by atoms with Crippen LogP contribution in [0.4, 0.5) is 0 Å². The molecule has 0 radical (unpaired) electrons. The Labute approximate surface area is 93.0 Å². The van der Waals surface area contributed by atoms with E-state index in [1.54, 1.807) is 24.7 Å². The summed E-state index contributed by atoms with van der Waals surface area (Å²) in [6.45, 7) is 3.51. The van der Waals surface area contributed by atoms with Crippen molar-refractivity contribution >= 4 is 10.8 Å². The maximum atomic E-state index is 11.1. The SMILES string of the molecule is CC(CCNCc1ncccn1)S(C)=O. The van der Waals surface area contributed by atoms with Gasteiger partial charge in [-0.25, -0.2) is 9.97 Å². The molecule has 1 N–H and O–H groups in total. The molecule has 84 valence electrons. The van der Waals surface area contributed by atoms with E-state index < -0.39 is 10.8 Å². The van der Waals surface area contributed by atoms with E-state index in [1.807, 2.05) is 6.92 Å². The fourth-order valence-corrected chi connectivity index (χ4v) is 1.54. The molecule has 2 unspecified atom stereocenters. The smallest absolute Gasteiger partial charge is 0.141 e. The third kappa shape index (κ3) is 4.99. The van der Waals surface area contributed by atoms with Gasteiger partial charge in [-0.05, 0) is 19.0 Å². The van der Waals surface area contributed by atoms with E-state index in [9.17, 15) is 4.21 Å². The van der Waals surface area contributed by atoms with Crippen molar-refractivity contribution in [3.05, 3.63) is 24.3 Å². The number of nitrogens with zero attached hydrogens (tertiary/aromatic N) is 2. The van der Waals surface area contributed by atoms with E-state index in [4.69, 9.17) is 0 Å². The molecule has 1 aromatic rings. The van der Waals surface area contributed by atoms with Crippen LogP contribution in [0.25, 0.3) is 0 Å². The summed E-state index contributed by atoms with van der Waals surface area (Å²) >= 11 is 0. The van der Waals surface area contributed by atoms with Gasteiger partial charge >= 0.3 is 0 Å². The first kappa shape index (κ1) is 12.3. The predicted molar refractivity (Wildman–Crippen MR) is 61.9 cm³/mol. The minimum Gasteiger partial charge on any atom is -0.310 e. The van der Waals surface area contributed by atoms with Crippen LogP contribution in [0.1, 0.15) is 19.2 Å². The second-order valence-corrected chi connectivity index (χ2v) is 5.24. The van der Waals surface area contributed by atoms with Crippen LogP contribution >= 0.6 is 0 Å². The summed E-state index contributed by atoms with van der Waals surface area (Å²) in [4.78, 5) is 8.19. The molecular formula is C10H17N3OS. The van der Waals surface area contributed by atoms with Gasteiger partial charge in [0.25, 0.3) is 0 Å². The maximum absolute atomic E-state index is 11.1. The Balaban J connectivity index is 2.15. The molecule has 0 amide bonds. The molecular weight excluding hydrogens is 210 g/mol. The van der Waals surface area contributed by atoms with Crippen molar-refractivity contribution in [1.29, 1.82) is 0 Å². The molecule has 0 bridgehead atoms. The highest BCUT2D eigenvalue weighted by Gasteiger charge is 2.04. The third-order valence-electron chi connectivity index (χ3n) is 2.20. The molecule has 0 aromatic carbocycles. The van der Waals surface area contributed by atoms with Crippen molar-refractivity contribution in [2.24, 2.45) is 0 Å². The predicted octanol–water partition coefficient (Wildman–Crippen LogP) is 0.723. The van der Waals surface area contributed by atoms with Crippen molar-refractivity contribution in [3.63, 3.8) is 0 Å². The monoisotopic (exact) mass is 227 g/mol. The zero-order chi connectivity index (χ0) is 11.1. The van der Waals surface area contributed by atoms with E-state index in [0.717, 1.165) is 18.8 Å². The highest BCUT2D eigenvalue weighted by atomic mass is 32.2. The molecule has 1 rings (SSSR count). The minimum absolute atomic E-state index is 0.245. The summed E-state index contributed by atoms with van der Waals surface area (Å²) < 4.78 is 11.1. The van der Waals surface area contributed by atoms with Crippen LogP contribution < -0.4 is 5.32 Å². The lowest BCUT2D eigenvalue weighted by atomic mass is 10.3. The second-order valence-electron chi connectivity index (χ2n) is 3.44. The summed E-state index contributed by atoms with van der Waals surface area (Å²) in [6.07, 6.45) is 6.11. The van der Waals surface area contributed by atoms with Crippen molar-refractivity contribution in [1.82, 2.24) is 15.3 Å². The quantitative estimate of drug-likeness (QED) is 0.728. The van der Waals surface area contributed by atoms with Gasteiger partial charge in [0.05, 0.1) is 6.54 Å². The van der Waals surface area contributed by atoms with Gasteiger partial charge in [0.15, 0.2) is 0 Å². The number of rotatable bonds is 6. The molecule has 1 heterocycles. The standard InChI is InChI=1S/C10H17N3OS/c1-9(15(2)14)4-7-11-8-10-12-5-3-6-13-10/h3,5-6,9,11H,4,7-8H2,1-2H3. The van der Waals surface area contributed by atoms with Gasteiger partial charge in [-0.1, -0.05) is 6.92 Å². The third-order valence-corrected chi connectivity index (χ3v) is 3.57. The Bertz CT molecular complexity index is 305. The van der Waals surface area contributed by atoms with Crippen LogP contribution in [0.2, 0.25) is 0 Å². The molecule has 4 nitrogen and oxygen atoms in total. The Morgan fingerprint density at radius 3 is 2.73 bits per heavy atom. The lowest BCUT2D eigenvalue weighted by Crippen LogP contribution is -2.21. The number of aromatic nitrogens is 2. The van der Waals surface area contributed by atoms with E-state index in [1.165, 1.54) is 0 Å². The van der Waals surface area contributed by atoms with Crippen molar-refractivity contribution < 1.29 is 4.21 Å². The Kier molecular flexibility index (Phi) is 5.42. The summed E-state index contributed by atoms with van der Waals surface area (Å²) in [6, 6.07) is 1.80. The van der Waals surface area contributed by atoms with Gasteiger partial charge in [0.1, 0.15) is 5.82 Å². The molecule has 0 aliphatic heterocycles. The van der Waals surface area contributed by atoms with E-state index in [0.29, 0.717) is 6.54 Å². The minimum atomic E-state index is -0.730. The normalized spacial score (nSPS) is 14.8. The van der Waals surface area contributed by atoms with Crippen LogP contribution in [0.3, 0.4) is 0 Å². The van der Waals surface area contributed by atoms with E-state index >= 15 is 0 Å². The highest BCUT2D eigenvalue weighted by molar-refractivity contribution is 7.84. The lowest BCUT2D eigenvalue weighted by molar-refractivity contribution is 0.615. The molecule has 15 heavy (non-hydrogen) atoms. The van der Waals surface area contributed by atoms with Gasteiger partial charge in [-0.3, -0.25) is 4.21 Å². The topological polar surface area (TPSA) is 54.9 Å². The summed E-state index contributed by atoms with van der Waals surface area (Å²) in [5, 5.41) is 3.47. The van der Waals surface area contributed by atoms with Crippen LogP contribution in [-0.4, -0.2) is 32.2 Å². The molecule has 2 atom stereocenters. The van der Waals surface area contributed by atoms with Crippen LogP contribution in [0.15, 0.2) is 18.5 Å². The molecule has 0 fully saturated rings. The molecule has 0 aliphatic rings. The lowest BCUT2D eigenvalue weighted by Gasteiger charge is -2.08. The molecule has 0 aliphatic carbocycles. The van der Waals surface area contributed by atoms with Crippen molar-refractivity contribution in [3.8, 4) is 0 Å². The van der Waals surface area contributed by atoms with Gasteiger partial charge in [0, 0.05) is 34.7 Å². The number of nitrogens with one attached hydrogen (secondary N) is 1. The van der Waals surface area contributed by atoms with Crippen molar-refractivity contribution in [2.75, 3.05) is 12.8 Å². The maximum Gasteiger partial charge on any atom is 0.141 e. The zero-order valence-corrected chi connectivity index (χ0v) is 9.96. The van der Waals surface area contributed by atoms with Crippen LogP contribution in [0.5, 0.6) is 0 Å². The molecule has 0 saturated carbocycles. The fourth-order valence-electron chi connectivity index (χ4n) is 1.09. The number of hydrogen-bond acceptors (Lipinski definition) is 4. The van der Waals surface area contributed by atoms with Gasteiger partial charge in [0.2, 0.25) is 0 Å². The first-order valence-corrected chi connectivity index (χ1v) is 6.61. The average molecular weight is 227 g/mol. The van der Waals surface area contributed by atoms with E-state index in [-0.39, 0.29) is 5.25 Å². The van der Waals surface area contributed by atoms with Gasteiger partial charge in [-0.15, -0.1) is 0 Å². The molecule has 0 spiro atoms. The fraction of sp³-hybridized carbons (Fsp3) is 0.600. The van der Waals surface area contributed by atoms with Gasteiger partial charge in [-0.2, -0.15) is 0 Å². The van der Waals surface area contributed by atoms with Crippen molar-refractivity contribution in [2.45, 2.75) is 25.1 Å².